The zero-order valence-corrected chi connectivity index (χ0v) is 13.5. The van der Waals surface area contributed by atoms with Gasteiger partial charge in [0.15, 0.2) is 0 Å². The number of hydrogen-bond donors (Lipinski definition) is 1. The highest BCUT2D eigenvalue weighted by atomic mass is 31.1. The summed E-state index contributed by atoms with van der Waals surface area (Å²) in [5, 5.41) is 10.9. The molecule has 0 saturated heterocycles. The van der Waals surface area contributed by atoms with E-state index in [1.54, 1.807) is 0 Å². The fraction of sp³-hybridized carbons (Fsp3) is 0.278. The predicted molar refractivity (Wildman–Crippen MR) is 92.2 cm³/mol. The lowest BCUT2D eigenvalue weighted by Crippen LogP contribution is -2.01. The summed E-state index contributed by atoms with van der Waals surface area (Å²) in [7, 11) is 0.777. The molecule has 0 atom stereocenters. The Morgan fingerprint density at radius 2 is 1.38 bits per heavy atom. The van der Waals surface area contributed by atoms with Gasteiger partial charge in [-0.3, -0.25) is 4.79 Å². The first-order valence-corrected chi connectivity index (χ1v) is 8.31. The molecule has 2 aromatic rings. The van der Waals surface area contributed by atoms with Gasteiger partial charge in [-0.05, 0) is 17.0 Å². The van der Waals surface area contributed by atoms with Crippen LogP contribution in [0.3, 0.4) is 0 Å². The third-order valence-electron chi connectivity index (χ3n) is 2.83. The van der Waals surface area contributed by atoms with E-state index in [1.807, 2.05) is 0 Å². The number of benzene rings is 2. The van der Waals surface area contributed by atoms with Gasteiger partial charge in [-0.15, -0.1) is 0 Å². The summed E-state index contributed by atoms with van der Waals surface area (Å²) < 4.78 is 0. The Hall–Kier alpha value is -1.66. The third kappa shape index (κ3) is 8.99. The van der Waals surface area contributed by atoms with Crippen molar-refractivity contribution in [2.24, 2.45) is 0 Å². The van der Waals surface area contributed by atoms with Gasteiger partial charge in [0.25, 0.3) is 0 Å². The maximum Gasteiger partial charge on any atom is 0.303 e. The van der Waals surface area contributed by atoms with Crippen molar-refractivity contribution in [2.75, 3.05) is 0 Å². The van der Waals surface area contributed by atoms with Gasteiger partial charge in [0.2, 0.25) is 0 Å². The van der Waals surface area contributed by atoms with Gasteiger partial charge in [-0.1, -0.05) is 89.0 Å². The van der Waals surface area contributed by atoms with Crippen LogP contribution >= 0.6 is 8.58 Å². The normalized spacial score (nSPS) is 9.57. The zero-order valence-electron chi connectivity index (χ0n) is 12.5. The molecular weight excluding hydrogens is 279 g/mol. The quantitative estimate of drug-likeness (QED) is 0.647. The van der Waals surface area contributed by atoms with Gasteiger partial charge < -0.3 is 5.11 Å². The number of rotatable bonds is 6. The number of carbonyl (C=O) groups is 1. The number of unbranched alkanes of at least 4 members (excludes halogenated alkanes) is 2. The molecule has 0 aliphatic rings. The molecule has 2 aromatic carbocycles. The SMILES string of the molecule is CCCCCC(=O)O.c1ccc(Pc2ccccc2)cc1. The molecule has 0 unspecified atom stereocenters. The van der Waals surface area contributed by atoms with E-state index >= 15 is 0 Å². The molecule has 0 spiro atoms. The second-order valence-corrected chi connectivity index (χ2v) is 6.11. The minimum absolute atomic E-state index is 0.327. The summed E-state index contributed by atoms with van der Waals surface area (Å²) in [6.45, 7) is 2.06. The van der Waals surface area contributed by atoms with Crippen LogP contribution in [0.5, 0.6) is 0 Å². The average molecular weight is 302 g/mol. The highest BCUT2D eigenvalue weighted by molar-refractivity contribution is 7.55. The van der Waals surface area contributed by atoms with E-state index in [9.17, 15) is 4.79 Å². The summed E-state index contributed by atoms with van der Waals surface area (Å²) in [5.41, 5.74) is 0. The summed E-state index contributed by atoms with van der Waals surface area (Å²) >= 11 is 0. The van der Waals surface area contributed by atoms with Crippen LogP contribution in [-0.2, 0) is 4.79 Å². The minimum atomic E-state index is -0.682. The summed E-state index contributed by atoms with van der Waals surface area (Å²) in [4.78, 5) is 9.87. The molecule has 2 rings (SSSR count). The summed E-state index contributed by atoms with van der Waals surface area (Å²) in [6, 6.07) is 21.2. The van der Waals surface area contributed by atoms with Crippen LogP contribution in [0.15, 0.2) is 60.7 Å². The first-order valence-electron chi connectivity index (χ1n) is 7.31. The summed E-state index contributed by atoms with van der Waals surface area (Å²) in [6.07, 6.45) is 3.28. The molecule has 0 radical (unpaired) electrons. The van der Waals surface area contributed by atoms with E-state index < -0.39 is 5.97 Å². The van der Waals surface area contributed by atoms with Crippen LogP contribution in [0.25, 0.3) is 0 Å². The van der Waals surface area contributed by atoms with Crippen molar-refractivity contribution in [2.45, 2.75) is 32.6 Å². The molecule has 21 heavy (non-hydrogen) atoms. The van der Waals surface area contributed by atoms with Crippen molar-refractivity contribution in [1.29, 1.82) is 0 Å². The summed E-state index contributed by atoms with van der Waals surface area (Å²) in [5.74, 6) is -0.682. The molecule has 0 saturated carbocycles. The Morgan fingerprint density at radius 3 is 1.76 bits per heavy atom. The third-order valence-corrected chi connectivity index (χ3v) is 4.07. The molecule has 0 fully saturated rings. The lowest BCUT2D eigenvalue weighted by Gasteiger charge is -2.00. The highest BCUT2D eigenvalue weighted by Gasteiger charge is 1.93. The van der Waals surface area contributed by atoms with E-state index in [4.69, 9.17) is 5.11 Å². The first-order chi connectivity index (χ1) is 10.2. The molecular formula is C18H23O2P. The number of aliphatic carboxylic acids is 1. The van der Waals surface area contributed by atoms with Crippen LogP contribution in [0.2, 0.25) is 0 Å². The topological polar surface area (TPSA) is 37.3 Å². The maximum absolute atomic E-state index is 9.87. The molecule has 0 aromatic heterocycles. The number of carboxylic acids is 1. The standard InChI is InChI=1S/C12H11P.C6H12O2/c1-3-7-11(8-4-1)13-12-9-5-2-6-10-12;1-2-3-4-5-6(7)8/h1-10,13H;2-5H2,1H3,(H,7,8). The van der Waals surface area contributed by atoms with Crippen molar-refractivity contribution in [3.63, 3.8) is 0 Å². The average Bonchev–Trinajstić information content (AvgIpc) is 2.50. The van der Waals surface area contributed by atoms with E-state index in [0.29, 0.717) is 6.42 Å². The largest absolute Gasteiger partial charge is 0.481 e. The Bertz CT molecular complexity index is 460. The van der Waals surface area contributed by atoms with Gasteiger partial charge in [0, 0.05) is 6.42 Å². The monoisotopic (exact) mass is 302 g/mol. The van der Waals surface area contributed by atoms with Gasteiger partial charge in [-0.2, -0.15) is 0 Å². The second kappa shape index (κ2) is 11.0. The fourth-order valence-corrected chi connectivity index (χ4v) is 2.79. The van der Waals surface area contributed by atoms with Crippen LogP contribution in [0, 0.1) is 0 Å². The van der Waals surface area contributed by atoms with E-state index in [1.165, 1.54) is 10.6 Å². The van der Waals surface area contributed by atoms with Crippen LogP contribution in [-0.4, -0.2) is 11.1 Å². The predicted octanol–water partition coefficient (Wildman–Crippen LogP) is 3.97. The Kier molecular flexibility index (Phi) is 9.15. The van der Waals surface area contributed by atoms with Crippen molar-refractivity contribution in [3.05, 3.63) is 60.7 Å². The van der Waals surface area contributed by atoms with Crippen molar-refractivity contribution in [3.8, 4) is 0 Å². The fourth-order valence-electron chi connectivity index (χ4n) is 1.74. The van der Waals surface area contributed by atoms with E-state index in [2.05, 4.69) is 67.6 Å². The molecule has 0 aliphatic heterocycles. The minimum Gasteiger partial charge on any atom is -0.481 e. The van der Waals surface area contributed by atoms with E-state index in [-0.39, 0.29) is 0 Å². The molecule has 2 nitrogen and oxygen atoms in total. The Morgan fingerprint density at radius 1 is 0.905 bits per heavy atom. The highest BCUT2D eigenvalue weighted by Crippen LogP contribution is 2.08. The van der Waals surface area contributed by atoms with Gasteiger partial charge >= 0.3 is 5.97 Å². The molecule has 0 heterocycles. The number of carboxylic acid groups (broad SMARTS) is 1. The number of hydrogen-bond acceptors (Lipinski definition) is 1. The zero-order chi connectivity index (χ0) is 15.3. The van der Waals surface area contributed by atoms with Crippen LogP contribution in [0.4, 0.5) is 0 Å². The smallest absolute Gasteiger partial charge is 0.303 e. The molecule has 0 aliphatic carbocycles. The maximum atomic E-state index is 9.87. The molecule has 1 N–H and O–H groups in total. The second-order valence-electron chi connectivity index (χ2n) is 4.71. The van der Waals surface area contributed by atoms with Crippen molar-refractivity contribution < 1.29 is 9.90 Å². The van der Waals surface area contributed by atoms with Gasteiger partial charge in [0.1, 0.15) is 0 Å². The van der Waals surface area contributed by atoms with Gasteiger partial charge in [0.05, 0.1) is 0 Å². The molecule has 0 bridgehead atoms. The lowest BCUT2D eigenvalue weighted by atomic mass is 10.2. The first kappa shape index (κ1) is 17.4. The Labute approximate surface area is 129 Å². The molecule has 3 heteroatoms. The van der Waals surface area contributed by atoms with Crippen LogP contribution < -0.4 is 10.6 Å². The van der Waals surface area contributed by atoms with Crippen molar-refractivity contribution >= 4 is 25.2 Å². The van der Waals surface area contributed by atoms with Crippen molar-refractivity contribution in [1.82, 2.24) is 0 Å². The Balaban J connectivity index is 0.000000240. The van der Waals surface area contributed by atoms with Gasteiger partial charge in [-0.25, -0.2) is 0 Å². The molecule has 112 valence electrons. The van der Waals surface area contributed by atoms with E-state index in [0.717, 1.165) is 27.8 Å². The lowest BCUT2D eigenvalue weighted by molar-refractivity contribution is -0.137. The molecule has 0 amide bonds. The van der Waals surface area contributed by atoms with Crippen LogP contribution in [0.1, 0.15) is 32.6 Å².